The summed E-state index contributed by atoms with van der Waals surface area (Å²) < 4.78 is 33.1. The number of carbonyl (C=O) groups is 1. The summed E-state index contributed by atoms with van der Waals surface area (Å²) in [5.41, 5.74) is 0. The van der Waals surface area contributed by atoms with E-state index >= 15 is 0 Å². The van der Waals surface area contributed by atoms with Crippen LogP contribution >= 0.6 is 0 Å². The van der Waals surface area contributed by atoms with Crippen LogP contribution < -0.4 is 0 Å². The molecule has 0 aliphatic heterocycles. The Balaban J connectivity index is 4.32. The topological polar surface area (TPSA) is 80.7 Å². The van der Waals surface area contributed by atoms with Crippen molar-refractivity contribution >= 4 is 16.1 Å². The van der Waals surface area contributed by atoms with Crippen molar-refractivity contribution in [1.82, 2.24) is 0 Å². The average molecular weight is 192 g/mol. The first-order chi connectivity index (χ1) is 5.39. The van der Waals surface area contributed by atoms with E-state index in [0.717, 1.165) is 0 Å². The first-order valence-electron chi connectivity index (χ1n) is 2.84. The second kappa shape index (κ2) is 4.03. The molecule has 0 spiro atoms. The Morgan fingerprint density at radius 1 is 1.58 bits per heavy atom. The van der Waals surface area contributed by atoms with Gasteiger partial charge >= 0.3 is 16.1 Å². The van der Waals surface area contributed by atoms with Gasteiger partial charge in [0.2, 0.25) is 0 Å². The summed E-state index contributed by atoms with van der Waals surface area (Å²) in [6.45, 7) is 5.94. The van der Waals surface area contributed by atoms with E-state index in [2.05, 4.69) is 17.9 Å². The van der Waals surface area contributed by atoms with Gasteiger partial charge in [0.25, 0.3) is 0 Å². The number of hydrogen-bond acceptors (Lipinski definition) is 4. The summed E-state index contributed by atoms with van der Waals surface area (Å²) in [7, 11) is -4.54. The van der Waals surface area contributed by atoms with Crippen LogP contribution in [0.25, 0.3) is 0 Å². The molecule has 0 radical (unpaired) electrons. The molecule has 0 unspecified atom stereocenters. The maximum Gasteiger partial charge on any atom is 0.351 e. The molecule has 0 heterocycles. The Kier molecular flexibility index (Phi) is 3.65. The van der Waals surface area contributed by atoms with Gasteiger partial charge in [-0.1, -0.05) is 19.2 Å². The number of hydrogen-bond donors (Lipinski definition) is 1. The van der Waals surface area contributed by atoms with Gasteiger partial charge in [-0.3, -0.25) is 4.55 Å². The van der Waals surface area contributed by atoms with Crippen molar-refractivity contribution in [3.8, 4) is 0 Å². The van der Waals surface area contributed by atoms with Gasteiger partial charge in [0.15, 0.2) is 4.91 Å². The fourth-order valence-electron chi connectivity index (χ4n) is 0.320. The molecular weight excluding hydrogens is 184 g/mol. The van der Waals surface area contributed by atoms with Crippen LogP contribution in [-0.4, -0.2) is 25.5 Å². The zero-order valence-electron chi connectivity index (χ0n) is 6.19. The summed E-state index contributed by atoms with van der Waals surface area (Å²) in [5.74, 6) is -1.18. The van der Waals surface area contributed by atoms with E-state index in [4.69, 9.17) is 4.55 Å². The van der Waals surface area contributed by atoms with E-state index in [1.54, 1.807) is 0 Å². The van der Waals surface area contributed by atoms with E-state index in [-0.39, 0.29) is 6.61 Å². The quantitative estimate of drug-likeness (QED) is 0.296. The third kappa shape index (κ3) is 3.31. The summed E-state index contributed by atoms with van der Waals surface area (Å²) in [5, 5.41) is 0. The zero-order valence-corrected chi connectivity index (χ0v) is 7.00. The Bertz CT molecular complexity index is 300. The first-order valence-corrected chi connectivity index (χ1v) is 4.28. The van der Waals surface area contributed by atoms with E-state index in [1.807, 2.05) is 0 Å². The molecule has 68 valence electrons. The predicted octanol–water partition coefficient (Wildman–Crippen LogP) is 0.117. The molecule has 0 saturated carbocycles. The lowest BCUT2D eigenvalue weighted by Gasteiger charge is -2.00. The molecule has 0 bridgehead atoms. The number of rotatable bonds is 4. The zero-order chi connectivity index (χ0) is 9.78. The lowest BCUT2D eigenvalue weighted by atomic mass is 10.6. The highest BCUT2D eigenvalue weighted by molar-refractivity contribution is 7.90. The molecule has 0 aromatic rings. The summed E-state index contributed by atoms with van der Waals surface area (Å²) in [4.78, 5) is 9.66. The van der Waals surface area contributed by atoms with Crippen molar-refractivity contribution in [3.05, 3.63) is 24.1 Å². The number of carbonyl (C=O) groups excluding carboxylic acids is 1. The van der Waals surface area contributed by atoms with Crippen molar-refractivity contribution in [2.75, 3.05) is 6.61 Å². The molecule has 0 aromatic heterocycles. The van der Waals surface area contributed by atoms with Crippen molar-refractivity contribution in [2.45, 2.75) is 0 Å². The van der Waals surface area contributed by atoms with E-state index < -0.39 is 21.0 Å². The Hall–Kier alpha value is -1.14. The van der Waals surface area contributed by atoms with Gasteiger partial charge in [-0.2, -0.15) is 8.42 Å². The van der Waals surface area contributed by atoms with Crippen molar-refractivity contribution in [1.29, 1.82) is 0 Å². The van der Waals surface area contributed by atoms with E-state index in [9.17, 15) is 13.2 Å². The molecule has 0 aromatic carbocycles. The molecule has 1 N–H and O–H groups in total. The van der Waals surface area contributed by atoms with Crippen LogP contribution in [0.4, 0.5) is 0 Å². The molecule has 0 amide bonds. The van der Waals surface area contributed by atoms with Crippen LogP contribution in [0.15, 0.2) is 24.1 Å². The maximum atomic E-state index is 10.6. The van der Waals surface area contributed by atoms with E-state index in [0.29, 0.717) is 0 Å². The molecule has 0 fully saturated rings. The molecule has 0 aliphatic rings. The Morgan fingerprint density at radius 2 is 2.08 bits per heavy atom. The minimum absolute atomic E-state index is 0.132. The fraction of sp³-hybridized carbons (Fsp3) is 0.167. The van der Waals surface area contributed by atoms with Crippen molar-refractivity contribution < 1.29 is 22.5 Å². The third-order valence-corrected chi connectivity index (χ3v) is 1.66. The monoisotopic (exact) mass is 192 g/mol. The van der Waals surface area contributed by atoms with Crippen molar-refractivity contribution in [3.63, 3.8) is 0 Å². The standard InChI is InChI=1S/C6H8O5S/c1-3-4-11-6(7)5(2)12(8,9)10/h3H,1-2,4H2,(H,8,9,10). The molecule has 0 atom stereocenters. The lowest BCUT2D eigenvalue weighted by molar-refractivity contribution is -0.137. The van der Waals surface area contributed by atoms with Gasteiger partial charge in [0, 0.05) is 0 Å². The number of esters is 1. The molecule has 5 nitrogen and oxygen atoms in total. The minimum atomic E-state index is -4.54. The summed E-state index contributed by atoms with van der Waals surface area (Å²) >= 11 is 0. The van der Waals surface area contributed by atoms with Crippen LogP contribution in [0.1, 0.15) is 0 Å². The normalized spacial score (nSPS) is 10.4. The average Bonchev–Trinajstić information content (AvgIpc) is 1.97. The number of ether oxygens (including phenoxy) is 1. The fourth-order valence-corrected chi connectivity index (χ4v) is 0.590. The van der Waals surface area contributed by atoms with Crippen LogP contribution in [0.3, 0.4) is 0 Å². The van der Waals surface area contributed by atoms with Crippen LogP contribution in [0, 0.1) is 0 Å². The highest BCUT2D eigenvalue weighted by atomic mass is 32.2. The molecule has 0 rings (SSSR count). The van der Waals surface area contributed by atoms with Gasteiger partial charge < -0.3 is 4.74 Å². The van der Waals surface area contributed by atoms with Gasteiger partial charge in [-0.15, -0.1) is 0 Å². The van der Waals surface area contributed by atoms with Crippen molar-refractivity contribution in [2.24, 2.45) is 0 Å². The predicted molar refractivity (Wildman–Crippen MR) is 41.8 cm³/mol. The SMILES string of the molecule is C=CCOC(=O)C(=C)S(=O)(=O)O. The largest absolute Gasteiger partial charge is 0.457 e. The highest BCUT2D eigenvalue weighted by Crippen LogP contribution is 2.02. The summed E-state index contributed by atoms with van der Waals surface area (Å²) in [6, 6.07) is 0. The third-order valence-electron chi connectivity index (χ3n) is 0.871. The van der Waals surface area contributed by atoms with Crippen LogP contribution in [0.2, 0.25) is 0 Å². The Labute approximate surface area is 70.1 Å². The summed E-state index contributed by atoms with van der Waals surface area (Å²) in [6.07, 6.45) is 1.26. The highest BCUT2D eigenvalue weighted by Gasteiger charge is 2.20. The van der Waals surface area contributed by atoms with E-state index in [1.165, 1.54) is 6.08 Å². The lowest BCUT2D eigenvalue weighted by Crippen LogP contribution is -2.14. The van der Waals surface area contributed by atoms with Crippen LogP contribution in [0.5, 0.6) is 0 Å². The van der Waals surface area contributed by atoms with Gasteiger partial charge in [0.1, 0.15) is 6.61 Å². The second-order valence-electron chi connectivity index (χ2n) is 1.79. The molecule has 0 aliphatic carbocycles. The molecule has 6 heteroatoms. The van der Waals surface area contributed by atoms with Gasteiger partial charge in [-0.25, -0.2) is 4.79 Å². The van der Waals surface area contributed by atoms with Gasteiger partial charge in [0.05, 0.1) is 0 Å². The van der Waals surface area contributed by atoms with Gasteiger partial charge in [-0.05, 0) is 0 Å². The minimum Gasteiger partial charge on any atom is -0.457 e. The maximum absolute atomic E-state index is 10.6. The Morgan fingerprint density at radius 3 is 2.42 bits per heavy atom. The first kappa shape index (κ1) is 10.9. The smallest absolute Gasteiger partial charge is 0.351 e. The molecule has 0 saturated heterocycles. The molecule has 12 heavy (non-hydrogen) atoms. The molecular formula is C6H8O5S. The second-order valence-corrected chi connectivity index (χ2v) is 3.23. The van der Waals surface area contributed by atoms with Crippen LogP contribution in [-0.2, 0) is 19.6 Å².